The number of thiophene rings is 1. The summed E-state index contributed by atoms with van der Waals surface area (Å²) in [6.45, 7) is 0. The van der Waals surface area contributed by atoms with Gasteiger partial charge in [-0.3, -0.25) is 0 Å². The Morgan fingerprint density at radius 1 is 0.500 bits per heavy atom. The SMILES string of the molecule is c1ccc2c(c1)oc1ccc(-n3c4ccccc4c4c5oc6ccccc6c5c5sc6ccccc6c5c43)cc12. The van der Waals surface area contributed by atoms with Crippen LogP contribution in [0, 0.1) is 0 Å². The van der Waals surface area contributed by atoms with Gasteiger partial charge in [0.2, 0.25) is 0 Å². The number of hydrogen-bond donors (Lipinski definition) is 0. The Labute approximate surface area is 231 Å². The summed E-state index contributed by atoms with van der Waals surface area (Å²) in [6.07, 6.45) is 0. The second-order valence-corrected chi connectivity index (χ2v) is 11.5. The molecule has 4 aromatic heterocycles. The largest absolute Gasteiger partial charge is 0.456 e. The molecular formula is C36H19NO2S. The molecule has 0 unspecified atom stereocenters. The van der Waals surface area contributed by atoms with Gasteiger partial charge < -0.3 is 13.4 Å². The van der Waals surface area contributed by atoms with E-state index in [1.54, 1.807) is 0 Å². The molecule has 3 nitrogen and oxygen atoms in total. The molecule has 186 valence electrons. The molecule has 0 saturated carbocycles. The summed E-state index contributed by atoms with van der Waals surface area (Å²) in [5.74, 6) is 0. The minimum atomic E-state index is 0.900. The number of furan rings is 2. The number of para-hydroxylation sites is 3. The average molecular weight is 530 g/mol. The molecule has 0 amide bonds. The zero-order chi connectivity index (χ0) is 25.9. The Hall–Kier alpha value is -5.06. The van der Waals surface area contributed by atoms with E-state index in [0.29, 0.717) is 0 Å². The summed E-state index contributed by atoms with van der Waals surface area (Å²) in [5.41, 5.74) is 7.15. The summed E-state index contributed by atoms with van der Waals surface area (Å²) in [6, 6.07) is 40.7. The lowest BCUT2D eigenvalue weighted by atomic mass is 10.0. The summed E-state index contributed by atoms with van der Waals surface area (Å²) in [7, 11) is 0. The number of fused-ring (bicyclic) bond motifs is 15. The lowest BCUT2D eigenvalue weighted by Gasteiger charge is -2.10. The van der Waals surface area contributed by atoms with E-state index in [-0.39, 0.29) is 0 Å². The van der Waals surface area contributed by atoms with E-state index < -0.39 is 0 Å². The van der Waals surface area contributed by atoms with Crippen LogP contribution in [0.15, 0.2) is 124 Å². The molecule has 6 aromatic carbocycles. The van der Waals surface area contributed by atoms with Gasteiger partial charge in [0.25, 0.3) is 0 Å². The van der Waals surface area contributed by atoms with Crippen LogP contribution in [0.1, 0.15) is 0 Å². The van der Waals surface area contributed by atoms with Gasteiger partial charge in [0, 0.05) is 52.8 Å². The van der Waals surface area contributed by atoms with Crippen molar-refractivity contribution in [3.05, 3.63) is 115 Å². The van der Waals surface area contributed by atoms with Crippen LogP contribution >= 0.6 is 11.3 Å². The first-order valence-electron chi connectivity index (χ1n) is 13.4. The number of rotatable bonds is 1. The minimum Gasteiger partial charge on any atom is -0.456 e. The number of nitrogens with zero attached hydrogens (tertiary/aromatic N) is 1. The van der Waals surface area contributed by atoms with E-state index in [0.717, 1.165) is 49.7 Å². The van der Waals surface area contributed by atoms with E-state index in [2.05, 4.69) is 108 Å². The van der Waals surface area contributed by atoms with Gasteiger partial charge in [0.05, 0.1) is 16.4 Å². The van der Waals surface area contributed by atoms with Crippen molar-refractivity contribution in [1.82, 2.24) is 4.57 Å². The van der Waals surface area contributed by atoms with Crippen molar-refractivity contribution in [2.24, 2.45) is 0 Å². The first-order chi connectivity index (χ1) is 19.8. The van der Waals surface area contributed by atoms with Crippen molar-refractivity contribution in [2.45, 2.75) is 0 Å². The van der Waals surface area contributed by atoms with Gasteiger partial charge in [-0.1, -0.05) is 72.8 Å². The van der Waals surface area contributed by atoms with Crippen molar-refractivity contribution in [2.75, 3.05) is 0 Å². The third-order valence-electron chi connectivity index (χ3n) is 8.38. The highest BCUT2D eigenvalue weighted by molar-refractivity contribution is 7.27. The third kappa shape index (κ3) is 2.50. The summed E-state index contributed by atoms with van der Waals surface area (Å²) >= 11 is 1.86. The van der Waals surface area contributed by atoms with Crippen LogP contribution < -0.4 is 0 Å². The van der Waals surface area contributed by atoms with E-state index in [1.807, 2.05) is 23.5 Å². The molecule has 0 fully saturated rings. The third-order valence-corrected chi connectivity index (χ3v) is 9.56. The first kappa shape index (κ1) is 20.8. The molecule has 0 aliphatic carbocycles. The van der Waals surface area contributed by atoms with E-state index >= 15 is 0 Å². The summed E-state index contributed by atoms with van der Waals surface area (Å²) < 4.78 is 17.9. The fourth-order valence-electron chi connectivity index (χ4n) is 6.73. The van der Waals surface area contributed by atoms with Crippen molar-refractivity contribution >= 4 is 97.2 Å². The maximum atomic E-state index is 6.72. The monoisotopic (exact) mass is 529 g/mol. The smallest absolute Gasteiger partial charge is 0.146 e. The Bertz CT molecular complexity index is 2630. The topological polar surface area (TPSA) is 31.2 Å². The normalized spacial score (nSPS) is 12.5. The molecule has 10 rings (SSSR count). The second-order valence-electron chi connectivity index (χ2n) is 10.5. The van der Waals surface area contributed by atoms with Gasteiger partial charge in [-0.2, -0.15) is 0 Å². The maximum absolute atomic E-state index is 6.72. The highest BCUT2D eigenvalue weighted by atomic mass is 32.1. The molecule has 0 N–H and O–H groups in total. The molecular weight excluding hydrogens is 510 g/mol. The zero-order valence-corrected chi connectivity index (χ0v) is 22.0. The lowest BCUT2D eigenvalue weighted by Crippen LogP contribution is -1.94. The van der Waals surface area contributed by atoms with Crippen LogP contribution in [-0.2, 0) is 0 Å². The summed E-state index contributed by atoms with van der Waals surface area (Å²) in [5, 5.41) is 9.53. The molecule has 0 spiro atoms. The van der Waals surface area contributed by atoms with Crippen molar-refractivity contribution in [3.8, 4) is 5.69 Å². The Kier molecular flexibility index (Phi) is 3.81. The fraction of sp³-hybridized carbons (Fsp3) is 0. The molecule has 0 bridgehead atoms. The molecule has 40 heavy (non-hydrogen) atoms. The lowest BCUT2D eigenvalue weighted by molar-refractivity contribution is 0.669. The van der Waals surface area contributed by atoms with Crippen LogP contribution in [-0.4, -0.2) is 4.57 Å². The van der Waals surface area contributed by atoms with Crippen LogP contribution in [0.2, 0.25) is 0 Å². The van der Waals surface area contributed by atoms with Gasteiger partial charge in [0.1, 0.15) is 22.3 Å². The minimum absolute atomic E-state index is 0.900. The predicted molar refractivity (Wildman–Crippen MR) is 168 cm³/mol. The molecule has 4 heteroatoms. The molecule has 0 saturated heterocycles. The number of hydrogen-bond acceptors (Lipinski definition) is 3. The Morgan fingerprint density at radius 3 is 2.05 bits per heavy atom. The van der Waals surface area contributed by atoms with Crippen LogP contribution in [0.5, 0.6) is 0 Å². The van der Waals surface area contributed by atoms with Crippen LogP contribution in [0.25, 0.3) is 91.5 Å². The predicted octanol–water partition coefficient (Wildman–Crippen LogP) is 11.0. The van der Waals surface area contributed by atoms with Crippen molar-refractivity contribution < 1.29 is 8.83 Å². The van der Waals surface area contributed by atoms with Gasteiger partial charge in [-0.15, -0.1) is 11.3 Å². The molecule has 0 radical (unpaired) electrons. The number of aromatic nitrogens is 1. The molecule has 4 heterocycles. The Morgan fingerprint density at radius 2 is 1.18 bits per heavy atom. The Balaban J connectivity index is 1.50. The van der Waals surface area contributed by atoms with Gasteiger partial charge in [-0.25, -0.2) is 0 Å². The maximum Gasteiger partial charge on any atom is 0.146 e. The fourth-order valence-corrected chi connectivity index (χ4v) is 7.99. The van der Waals surface area contributed by atoms with Gasteiger partial charge in [0.15, 0.2) is 0 Å². The molecule has 10 aromatic rings. The molecule has 0 atom stereocenters. The number of benzene rings is 6. The van der Waals surface area contributed by atoms with Crippen LogP contribution in [0.4, 0.5) is 0 Å². The van der Waals surface area contributed by atoms with E-state index in [9.17, 15) is 0 Å². The van der Waals surface area contributed by atoms with E-state index in [4.69, 9.17) is 8.83 Å². The summed E-state index contributed by atoms with van der Waals surface area (Å²) in [4.78, 5) is 0. The second kappa shape index (κ2) is 7.32. The van der Waals surface area contributed by atoms with Gasteiger partial charge in [-0.05, 0) is 42.5 Å². The highest BCUT2D eigenvalue weighted by Gasteiger charge is 2.25. The molecule has 0 aliphatic heterocycles. The highest BCUT2D eigenvalue weighted by Crippen LogP contribution is 2.50. The van der Waals surface area contributed by atoms with E-state index in [1.165, 1.54) is 41.8 Å². The zero-order valence-electron chi connectivity index (χ0n) is 21.1. The van der Waals surface area contributed by atoms with Gasteiger partial charge >= 0.3 is 0 Å². The standard InChI is InChI=1S/C36H19NO2S/c1-5-13-26-22(10-1)31-34(37(26)20-17-18-29-25(19-20)21-9-2-6-14-27(21)38-29)32-24-12-4-8-16-30(24)40-36(32)33-23-11-3-7-15-28(23)39-35(31)33/h1-19H. The average Bonchev–Trinajstić information content (AvgIpc) is 3.75. The quantitative estimate of drug-likeness (QED) is 0.212. The van der Waals surface area contributed by atoms with Crippen molar-refractivity contribution in [3.63, 3.8) is 0 Å². The van der Waals surface area contributed by atoms with Crippen molar-refractivity contribution in [1.29, 1.82) is 0 Å². The first-order valence-corrected chi connectivity index (χ1v) is 14.3. The van der Waals surface area contributed by atoms with Crippen LogP contribution in [0.3, 0.4) is 0 Å². The molecule has 0 aliphatic rings.